The average Bonchev–Trinajstić information content (AvgIpc) is 3.02. The van der Waals surface area contributed by atoms with Crippen LogP contribution in [0.15, 0.2) is 30.4 Å². The molecular formula is C21H28O5. The van der Waals surface area contributed by atoms with E-state index in [-0.39, 0.29) is 36.5 Å². The third-order valence-corrected chi connectivity index (χ3v) is 5.24. The number of carbonyl (C=O) groups excluding carboxylic acids is 1. The predicted molar refractivity (Wildman–Crippen MR) is 98.4 cm³/mol. The maximum Gasteiger partial charge on any atom is 0.185 e. The first-order chi connectivity index (χ1) is 12.5. The molecule has 1 aliphatic heterocycles. The smallest absolute Gasteiger partial charge is 0.185 e. The van der Waals surface area contributed by atoms with Crippen molar-refractivity contribution in [3.05, 3.63) is 47.0 Å². The van der Waals surface area contributed by atoms with Crippen molar-refractivity contribution in [1.82, 2.24) is 0 Å². The van der Waals surface area contributed by atoms with Gasteiger partial charge >= 0.3 is 0 Å². The number of rotatable bonds is 6. The first-order valence-corrected chi connectivity index (χ1v) is 9.21. The summed E-state index contributed by atoms with van der Waals surface area (Å²) in [6, 6.07) is 5.93. The topological polar surface area (TPSA) is 54.0 Å². The van der Waals surface area contributed by atoms with Gasteiger partial charge < -0.3 is 18.9 Å². The normalized spacial score (nSPS) is 31.3. The second kappa shape index (κ2) is 8.44. The van der Waals surface area contributed by atoms with Gasteiger partial charge in [0.15, 0.2) is 12.1 Å². The van der Waals surface area contributed by atoms with E-state index in [1.807, 2.05) is 32.0 Å². The summed E-state index contributed by atoms with van der Waals surface area (Å²) in [6.45, 7) is 3.83. The van der Waals surface area contributed by atoms with Gasteiger partial charge in [-0.2, -0.15) is 0 Å². The fourth-order valence-corrected chi connectivity index (χ4v) is 3.95. The molecule has 5 nitrogen and oxygen atoms in total. The van der Waals surface area contributed by atoms with Crippen molar-refractivity contribution in [2.24, 2.45) is 0 Å². The number of fused-ring (bicyclic) bond motifs is 1. The highest BCUT2D eigenvalue weighted by Gasteiger charge is 2.39. The number of ether oxygens (including phenoxy) is 4. The largest absolute Gasteiger partial charge is 0.378 e. The lowest BCUT2D eigenvalue weighted by molar-refractivity contribution is -0.265. The van der Waals surface area contributed by atoms with Gasteiger partial charge in [-0.05, 0) is 50.0 Å². The molecule has 1 aliphatic carbocycles. The van der Waals surface area contributed by atoms with Crippen molar-refractivity contribution in [3.8, 4) is 0 Å². The van der Waals surface area contributed by atoms with Gasteiger partial charge in [-0.15, -0.1) is 0 Å². The van der Waals surface area contributed by atoms with Crippen LogP contribution in [0.5, 0.6) is 0 Å². The summed E-state index contributed by atoms with van der Waals surface area (Å²) in [5, 5.41) is 0. The van der Waals surface area contributed by atoms with Gasteiger partial charge in [0.1, 0.15) is 6.10 Å². The van der Waals surface area contributed by atoms with E-state index in [4.69, 9.17) is 18.9 Å². The first kappa shape index (κ1) is 19.2. The molecule has 1 heterocycles. The number of allylic oxidation sites excluding steroid dienone is 2. The second-order valence-electron chi connectivity index (χ2n) is 7.00. The molecule has 0 saturated carbocycles. The molecule has 5 heteroatoms. The number of benzene rings is 1. The second-order valence-corrected chi connectivity index (χ2v) is 7.00. The van der Waals surface area contributed by atoms with Crippen molar-refractivity contribution < 1.29 is 23.7 Å². The van der Waals surface area contributed by atoms with E-state index in [1.165, 1.54) is 11.1 Å². The molecule has 1 fully saturated rings. The Kier molecular flexibility index (Phi) is 6.24. The van der Waals surface area contributed by atoms with Crippen LogP contribution in [-0.4, -0.2) is 50.7 Å². The van der Waals surface area contributed by atoms with Crippen LogP contribution >= 0.6 is 0 Å². The Morgan fingerprint density at radius 1 is 1.19 bits per heavy atom. The Balaban J connectivity index is 1.63. The monoisotopic (exact) mass is 360 g/mol. The van der Waals surface area contributed by atoms with Crippen LogP contribution in [0.3, 0.4) is 0 Å². The van der Waals surface area contributed by atoms with Crippen LogP contribution in [-0.2, 0) is 31.8 Å². The number of hydrogen-bond donors (Lipinski definition) is 0. The molecule has 0 bridgehead atoms. The van der Waals surface area contributed by atoms with Crippen molar-refractivity contribution in [2.75, 3.05) is 14.2 Å². The molecule has 5 atom stereocenters. The molecule has 0 aromatic heterocycles. The SMILES string of the molecule is CC=CC(=O)c1ccc2c(c1)CC(OC1CC(OC)C(OC)C(C)O1)C2. The van der Waals surface area contributed by atoms with Crippen molar-refractivity contribution >= 4 is 5.78 Å². The molecule has 0 N–H and O–H groups in total. The number of methoxy groups -OCH3 is 2. The fourth-order valence-electron chi connectivity index (χ4n) is 3.95. The lowest BCUT2D eigenvalue weighted by Crippen LogP contribution is -2.50. The van der Waals surface area contributed by atoms with Gasteiger partial charge in [0.25, 0.3) is 0 Å². The van der Waals surface area contributed by atoms with Gasteiger partial charge in [0.2, 0.25) is 0 Å². The van der Waals surface area contributed by atoms with Gasteiger partial charge in [0.05, 0.1) is 18.3 Å². The number of ketones is 1. The van der Waals surface area contributed by atoms with Gasteiger partial charge in [-0.3, -0.25) is 4.79 Å². The van der Waals surface area contributed by atoms with E-state index in [0.717, 1.165) is 18.4 Å². The predicted octanol–water partition coefficient (Wildman–Crippen LogP) is 3.09. The maximum absolute atomic E-state index is 12.0. The van der Waals surface area contributed by atoms with Crippen LogP contribution in [0, 0.1) is 0 Å². The molecule has 5 unspecified atom stereocenters. The molecular weight excluding hydrogens is 332 g/mol. The Morgan fingerprint density at radius 3 is 2.65 bits per heavy atom. The lowest BCUT2D eigenvalue weighted by atomic mass is 10.0. The Bertz CT molecular complexity index is 668. The molecule has 1 aromatic rings. The highest BCUT2D eigenvalue weighted by molar-refractivity contribution is 6.04. The maximum atomic E-state index is 12.0. The molecule has 0 radical (unpaired) electrons. The minimum atomic E-state index is -0.301. The van der Waals surface area contributed by atoms with E-state index in [9.17, 15) is 4.79 Å². The minimum Gasteiger partial charge on any atom is -0.378 e. The average molecular weight is 360 g/mol. The number of carbonyl (C=O) groups is 1. The summed E-state index contributed by atoms with van der Waals surface area (Å²) >= 11 is 0. The third-order valence-electron chi connectivity index (χ3n) is 5.24. The molecule has 3 rings (SSSR count). The van der Waals surface area contributed by atoms with E-state index in [2.05, 4.69) is 0 Å². The zero-order valence-electron chi connectivity index (χ0n) is 15.9. The van der Waals surface area contributed by atoms with Crippen LogP contribution in [0.4, 0.5) is 0 Å². The zero-order valence-corrected chi connectivity index (χ0v) is 15.9. The highest BCUT2D eigenvalue weighted by Crippen LogP contribution is 2.30. The summed E-state index contributed by atoms with van der Waals surface area (Å²) in [5.74, 6) is 0.0395. The van der Waals surface area contributed by atoms with Crippen LogP contribution in [0.2, 0.25) is 0 Å². The van der Waals surface area contributed by atoms with E-state index < -0.39 is 0 Å². The molecule has 1 saturated heterocycles. The Hall–Kier alpha value is -1.53. The minimum absolute atomic E-state index is 0.0393. The molecule has 26 heavy (non-hydrogen) atoms. The summed E-state index contributed by atoms with van der Waals surface area (Å²) in [7, 11) is 3.37. The highest BCUT2D eigenvalue weighted by atomic mass is 16.7. The summed E-state index contributed by atoms with van der Waals surface area (Å²) in [4.78, 5) is 12.0. The molecule has 0 amide bonds. The third kappa shape index (κ3) is 4.07. The zero-order chi connectivity index (χ0) is 18.7. The van der Waals surface area contributed by atoms with Crippen molar-refractivity contribution in [2.45, 2.75) is 63.8 Å². The van der Waals surface area contributed by atoms with Crippen LogP contribution < -0.4 is 0 Å². The van der Waals surface area contributed by atoms with E-state index >= 15 is 0 Å². The quantitative estimate of drug-likeness (QED) is 0.576. The fraction of sp³-hybridized carbons (Fsp3) is 0.571. The molecule has 142 valence electrons. The first-order valence-electron chi connectivity index (χ1n) is 9.21. The standard InChI is InChI=1S/C21H28O5/c1-5-6-18(22)15-8-7-14-10-17(11-16(14)9-15)26-20-12-19(23-3)21(24-4)13(2)25-20/h5-9,13,17,19-21H,10-12H2,1-4H3. The summed E-state index contributed by atoms with van der Waals surface area (Å²) in [5.41, 5.74) is 3.16. The summed E-state index contributed by atoms with van der Waals surface area (Å²) < 4.78 is 23.3. The van der Waals surface area contributed by atoms with Gasteiger partial charge in [-0.25, -0.2) is 0 Å². The lowest BCUT2D eigenvalue weighted by Gasteiger charge is -2.39. The van der Waals surface area contributed by atoms with E-state index in [1.54, 1.807) is 26.4 Å². The number of hydrogen-bond acceptors (Lipinski definition) is 5. The molecule has 0 spiro atoms. The molecule has 2 aliphatic rings. The summed E-state index contributed by atoms with van der Waals surface area (Å²) in [6.07, 6.45) is 5.20. The van der Waals surface area contributed by atoms with Crippen LogP contribution in [0.1, 0.15) is 41.8 Å². The molecule has 1 aromatic carbocycles. The van der Waals surface area contributed by atoms with E-state index in [0.29, 0.717) is 6.42 Å². The van der Waals surface area contributed by atoms with Gasteiger partial charge in [-0.1, -0.05) is 18.2 Å². The van der Waals surface area contributed by atoms with Crippen LogP contribution in [0.25, 0.3) is 0 Å². The van der Waals surface area contributed by atoms with Gasteiger partial charge in [0, 0.05) is 26.2 Å². The van der Waals surface area contributed by atoms with Crippen molar-refractivity contribution in [1.29, 1.82) is 0 Å². The Morgan fingerprint density at radius 2 is 1.96 bits per heavy atom. The Labute approximate surface area is 155 Å². The van der Waals surface area contributed by atoms with Crippen molar-refractivity contribution in [3.63, 3.8) is 0 Å².